The van der Waals surface area contributed by atoms with Gasteiger partial charge in [-0.25, -0.2) is 0 Å². The lowest BCUT2D eigenvalue weighted by Gasteiger charge is -2.01. The van der Waals surface area contributed by atoms with E-state index in [-0.39, 0.29) is 5.75 Å². The molecule has 0 aliphatic rings. The van der Waals surface area contributed by atoms with E-state index in [4.69, 9.17) is 5.11 Å². The van der Waals surface area contributed by atoms with Gasteiger partial charge in [-0.3, -0.25) is 9.15 Å². The van der Waals surface area contributed by atoms with Crippen LogP contribution in [0.25, 0.3) is 11.2 Å². The smallest absolute Gasteiger partial charge is 0.232 e. The summed E-state index contributed by atoms with van der Waals surface area (Å²) in [6.45, 7) is 1.77. The lowest BCUT2D eigenvalue weighted by Crippen LogP contribution is -1.81. The fourth-order valence-electron chi connectivity index (χ4n) is 0.878. The average Bonchev–Trinajstić information content (AvgIpc) is 1.82. The van der Waals surface area contributed by atoms with Gasteiger partial charge in [-0.2, -0.15) is 0 Å². The van der Waals surface area contributed by atoms with Gasteiger partial charge in [0.05, 0.1) is 0 Å². The van der Waals surface area contributed by atoms with E-state index in [1.807, 2.05) is 0 Å². The highest BCUT2D eigenvalue weighted by Gasteiger charge is 2.09. The first-order valence-electron chi connectivity index (χ1n) is 2.96. The minimum absolute atomic E-state index is 0.238. The maximum Gasteiger partial charge on any atom is 0.232 e. The summed E-state index contributed by atoms with van der Waals surface area (Å²) in [5.41, 5.74) is 2.05. The standard InChI is InChI=1S/C7H6O3/c1-4-5(8)2-3-6-7(4)10-9-6/h2-3,8H,1H3. The predicted molar refractivity (Wildman–Crippen MR) is 34.9 cm³/mol. The maximum absolute atomic E-state index is 9.12. The fourth-order valence-corrected chi connectivity index (χ4v) is 0.878. The molecule has 0 atom stereocenters. The van der Waals surface area contributed by atoms with Gasteiger partial charge in [-0.1, -0.05) is 0 Å². The van der Waals surface area contributed by atoms with Crippen molar-refractivity contribution in [2.45, 2.75) is 6.92 Å². The molecule has 0 aliphatic carbocycles. The molecule has 0 unspecified atom stereocenters. The quantitative estimate of drug-likeness (QED) is 0.566. The Morgan fingerprint density at radius 2 is 2.10 bits per heavy atom. The first-order chi connectivity index (χ1) is 4.79. The molecular weight excluding hydrogens is 132 g/mol. The summed E-state index contributed by atoms with van der Waals surface area (Å²) in [7, 11) is 0. The van der Waals surface area contributed by atoms with Gasteiger partial charge < -0.3 is 5.11 Å². The van der Waals surface area contributed by atoms with E-state index in [2.05, 4.69) is 9.15 Å². The van der Waals surface area contributed by atoms with E-state index in [1.165, 1.54) is 0 Å². The number of phenolic OH excluding ortho intramolecular Hbond substituents is 1. The number of aromatic hydroxyl groups is 1. The summed E-state index contributed by atoms with van der Waals surface area (Å²) in [4.78, 5) is 0. The first kappa shape index (κ1) is 5.41. The molecule has 10 heavy (non-hydrogen) atoms. The number of rotatable bonds is 0. The molecule has 2 rings (SSSR count). The molecule has 0 amide bonds. The Kier molecular flexibility index (Phi) is 0.845. The van der Waals surface area contributed by atoms with Crippen molar-refractivity contribution >= 4 is 11.2 Å². The monoisotopic (exact) mass is 138 g/mol. The van der Waals surface area contributed by atoms with Gasteiger partial charge in [0.25, 0.3) is 0 Å². The number of hydrogen-bond acceptors (Lipinski definition) is 3. The van der Waals surface area contributed by atoms with Crippen LogP contribution >= 0.6 is 0 Å². The highest BCUT2D eigenvalue weighted by atomic mass is 17.0. The number of hydrogen-bond donors (Lipinski definition) is 1. The SMILES string of the molecule is Cc1c(O)ccc2ooc12. The number of fused-ring (bicyclic) bond motifs is 1. The Morgan fingerprint density at radius 1 is 1.30 bits per heavy atom. The van der Waals surface area contributed by atoms with Gasteiger partial charge in [0.15, 0.2) is 0 Å². The second kappa shape index (κ2) is 1.56. The zero-order valence-corrected chi connectivity index (χ0v) is 5.42. The van der Waals surface area contributed by atoms with Crippen LogP contribution in [0.4, 0.5) is 0 Å². The van der Waals surface area contributed by atoms with Crippen molar-refractivity contribution in [1.82, 2.24) is 0 Å². The van der Waals surface area contributed by atoms with Crippen LogP contribution in [0.3, 0.4) is 0 Å². The molecule has 52 valence electrons. The Labute approximate surface area is 56.8 Å². The van der Waals surface area contributed by atoms with E-state index in [0.717, 1.165) is 5.56 Å². The minimum atomic E-state index is 0.238. The number of aryl methyl sites for hydroxylation is 1. The first-order valence-corrected chi connectivity index (χ1v) is 2.96. The summed E-state index contributed by atoms with van der Waals surface area (Å²) in [5.74, 6) is 0.238. The second-order valence-electron chi connectivity index (χ2n) is 2.20. The zero-order valence-electron chi connectivity index (χ0n) is 5.42. The van der Waals surface area contributed by atoms with Crippen molar-refractivity contribution in [1.29, 1.82) is 0 Å². The topological polar surface area (TPSA) is 46.5 Å². The van der Waals surface area contributed by atoms with Gasteiger partial charge >= 0.3 is 0 Å². The van der Waals surface area contributed by atoms with Crippen LogP contribution in [0.2, 0.25) is 0 Å². The van der Waals surface area contributed by atoms with E-state index >= 15 is 0 Å². The third-order valence-electron chi connectivity index (χ3n) is 1.56. The average molecular weight is 138 g/mol. The van der Waals surface area contributed by atoms with Gasteiger partial charge in [-0.15, -0.1) is 0 Å². The molecule has 0 bridgehead atoms. The molecule has 0 aliphatic heterocycles. The summed E-state index contributed by atoms with van der Waals surface area (Å²) in [5, 5.41) is 9.12. The molecule has 1 N–H and O–H groups in total. The second-order valence-corrected chi connectivity index (χ2v) is 2.20. The molecule has 0 spiro atoms. The molecule has 3 heteroatoms. The molecule has 1 aromatic heterocycles. The van der Waals surface area contributed by atoms with Gasteiger partial charge in [0, 0.05) is 5.56 Å². The Hall–Kier alpha value is -1.38. The highest BCUT2D eigenvalue weighted by molar-refractivity contribution is 5.76. The van der Waals surface area contributed by atoms with Crippen molar-refractivity contribution in [2.24, 2.45) is 0 Å². The summed E-state index contributed by atoms with van der Waals surface area (Å²) in [6.07, 6.45) is 0. The molecular formula is C7H6O3. The van der Waals surface area contributed by atoms with Crippen LogP contribution < -0.4 is 0 Å². The van der Waals surface area contributed by atoms with E-state index < -0.39 is 0 Å². The lowest BCUT2D eigenvalue weighted by atomic mass is 10.2. The van der Waals surface area contributed by atoms with Crippen LogP contribution in [0, 0.1) is 6.92 Å². The molecule has 0 saturated carbocycles. The Bertz CT molecular complexity index is 356. The molecule has 0 radical (unpaired) electrons. The maximum atomic E-state index is 9.12. The van der Waals surface area contributed by atoms with E-state index in [1.54, 1.807) is 19.1 Å². The molecule has 2 aromatic rings. The van der Waals surface area contributed by atoms with Crippen molar-refractivity contribution in [2.75, 3.05) is 0 Å². The van der Waals surface area contributed by atoms with E-state index in [9.17, 15) is 0 Å². The van der Waals surface area contributed by atoms with Gasteiger partial charge in [0.1, 0.15) is 5.75 Å². The largest absolute Gasteiger partial charge is 0.508 e. The van der Waals surface area contributed by atoms with Gasteiger partial charge in [0.2, 0.25) is 11.2 Å². The molecule has 0 saturated heterocycles. The number of phenols is 1. The van der Waals surface area contributed by atoms with Crippen LogP contribution in [0.1, 0.15) is 5.56 Å². The predicted octanol–water partition coefficient (Wildman–Crippen LogP) is 2.04. The Balaban J connectivity index is 2.84. The van der Waals surface area contributed by atoms with Crippen LogP contribution in [-0.4, -0.2) is 5.11 Å². The summed E-state index contributed by atoms with van der Waals surface area (Å²) >= 11 is 0. The molecule has 1 aromatic carbocycles. The van der Waals surface area contributed by atoms with Crippen LogP contribution in [0.15, 0.2) is 21.3 Å². The number of benzene rings is 1. The van der Waals surface area contributed by atoms with Crippen LogP contribution in [0.5, 0.6) is 5.75 Å². The fraction of sp³-hybridized carbons (Fsp3) is 0.143. The van der Waals surface area contributed by atoms with Crippen molar-refractivity contribution in [3.05, 3.63) is 17.7 Å². The minimum Gasteiger partial charge on any atom is -0.508 e. The molecule has 0 fully saturated rings. The Morgan fingerprint density at radius 3 is 2.60 bits per heavy atom. The summed E-state index contributed by atoms with van der Waals surface area (Å²) in [6, 6.07) is 3.25. The van der Waals surface area contributed by atoms with Crippen molar-refractivity contribution in [3.63, 3.8) is 0 Å². The zero-order chi connectivity index (χ0) is 7.14. The third kappa shape index (κ3) is 0.492. The normalized spacial score (nSPS) is 10.9. The van der Waals surface area contributed by atoms with Crippen molar-refractivity contribution < 1.29 is 14.3 Å². The van der Waals surface area contributed by atoms with Crippen molar-refractivity contribution in [3.8, 4) is 5.75 Å². The van der Waals surface area contributed by atoms with E-state index in [0.29, 0.717) is 11.2 Å². The lowest BCUT2D eigenvalue weighted by molar-refractivity contribution is 0.0580. The van der Waals surface area contributed by atoms with Crippen LogP contribution in [-0.2, 0) is 0 Å². The molecule has 1 heterocycles. The highest BCUT2D eigenvalue weighted by Crippen LogP contribution is 2.28. The summed E-state index contributed by atoms with van der Waals surface area (Å²) < 4.78 is 9.23. The third-order valence-corrected chi connectivity index (χ3v) is 1.56. The van der Waals surface area contributed by atoms with Gasteiger partial charge in [-0.05, 0) is 19.1 Å². The molecule has 3 nitrogen and oxygen atoms in total.